The number of nitrogens with zero attached hydrogens (tertiary/aromatic N) is 2. The molecule has 2 N–H and O–H groups in total. The van der Waals surface area contributed by atoms with E-state index in [1.54, 1.807) is 0 Å². The summed E-state index contributed by atoms with van der Waals surface area (Å²) in [5.41, 5.74) is 11.2. The molecule has 0 spiro atoms. The van der Waals surface area contributed by atoms with Gasteiger partial charge in [0.25, 0.3) is 0 Å². The molecule has 3 aromatic rings. The Morgan fingerprint density at radius 3 is 2.80 bits per heavy atom. The van der Waals surface area contributed by atoms with Gasteiger partial charge in [-0.1, -0.05) is 31.2 Å². The van der Waals surface area contributed by atoms with Crippen molar-refractivity contribution >= 4 is 16.7 Å². The van der Waals surface area contributed by atoms with E-state index in [0.717, 1.165) is 39.7 Å². The quantitative estimate of drug-likeness (QED) is 0.766. The van der Waals surface area contributed by atoms with E-state index < -0.39 is 0 Å². The molecular formula is C17H17N3. The molecule has 100 valence electrons. The van der Waals surface area contributed by atoms with Crippen molar-refractivity contribution in [3.8, 4) is 11.1 Å². The van der Waals surface area contributed by atoms with Crippen LogP contribution in [0.5, 0.6) is 0 Å². The molecular weight excluding hydrogens is 246 g/mol. The van der Waals surface area contributed by atoms with Gasteiger partial charge in [-0.25, -0.2) is 4.98 Å². The van der Waals surface area contributed by atoms with Crippen molar-refractivity contribution in [2.75, 3.05) is 5.73 Å². The number of nitrogen functional groups attached to an aromatic ring is 1. The van der Waals surface area contributed by atoms with E-state index in [4.69, 9.17) is 5.73 Å². The third kappa shape index (κ3) is 2.11. The highest BCUT2D eigenvalue weighted by Crippen LogP contribution is 2.28. The van der Waals surface area contributed by atoms with Gasteiger partial charge in [0.15, 0.2) is 0 Å². The Bertz CT molecular complexity index is 778. The van der Waals surface area contributed by atoms with Crippen LogP contribution in [-0.2, 0) is 6.42 Å². The van der Waals surface area contributed by atoms with Crippen molar-refractivity contribution in [1.29, 1.82) is 0 Å². The Morgan fingerprint density at radius 2 is 2.00 bits per heavy atom. The summed E-state index contributed by atoms with van der Waals surface area (Å²) < 4.78 is 0. The molecule has 0 aliphatic carbocycles. The van der Waals surface area contributed by atoms with E-state index in [-0.39, 0.29) is 0 Å². The van der Waals surface area contributed by atoms with E-state index in [9.17, 15) is 0 Å². The molecule has 3 heteroatoms. The fourth-order valence-corrected chi connectivity index (χ4v) is 2.43. The highest BCUT2D eigenvalue weighted by molar-refractivity contribution is 5.93. The van der Waals surface area contributed by atoms with Crippen LogP contribution in [0.2, 0.25) is 0 Å². The first kappa shape index (κ1) is 12.6. The standard InChI is InChI=1S/C17H17N3/c1-3-12-9-14(10-19-17(12)18)15-6-4-5-13-8-7-11(2)20-16(13)15/h4-10H,3H2,1-2H3,(H2,18,19). The van der Waals surface area contributed by atoms with Crippen LogP contribution in [0.15, 0.2) is 42.6 Å². The minimum atomic E-state index is 0.612. The summed E-state index contributed by atoms with van der Waals surface area (Å²) >= 11 is 0. The summed E-state index contributed by atoms with van der Waals surface area (Å²) in [5, 5.41) is 1.14. The van der Waals surface area contributed by atoms with Crippen molar-refractivity contribution in [3.05, 3.63) is 53.9 Å². The zero-order chi connectivity index (χ0) is 14.1. The first-order chi connectivity index (χ1) is 9.69. The van der Waals surface area contributed by atoms with Gasteiger partial charge in [0.05, 0.1) is 5.52 Å². The summed E-state index contributed by atoms with van der Waals surface area (Å²) in [6.45, 7) is 4.09. The highest BCUT2D eigenvalue weighted by Gasteiger charge is 2.08. The fraction of sp³-hybridized carbons (Fsp3) is 0.176. The predicted octanol–water partition coefficient (Wildman–Crippen LogP) is 3.75. The number of anilines is 1. The normalized spacial score (nSPS) is 10.9. The molecule has 3 rings (SSSR count). The molecule has 0 fully saturated rings. The minimum Gasteiger partial charge on any atom is -0.383 e. The molecule has 2 aromatic heterocycles. The van der Waals surface area contributed by atoms with Crippen LogP contribution >= 0.6 is 0 Å². The molecule has 0 aliphatic rings. The summed E-state index contributed by atoms with van der Waals surface area (Å²) in [4.78, 5) is 8.98. The first-order valence-electron chi connectivity index (χ1n) is 6.80. The van der Waals surface area contributed by atoms with E-state index in [2.05, 4.69) is 47.2 Å². The van der Waals surface area contributed by atoms with Gasteiger partial charge in [-0.3, -0.25) is 4.98 Å². The lowest BCUT2D eigenvalue weighted by molar-refractivity contribution is 1.11. The molecule has 0 radical (unpaired) electrons. The zero-order valence-electron chi connectivity index (χ0n) is 11.7. The van der Waals surface area contributed by atoms with Crippen LogP contribution in [0.4, 0.5) is 5.82 Å². The molecule has 0 bridgehead atoms. The van der Waals surface area contributed by atoms with Crippen LogP contribution in [0.25, 0.3) is 22.0 Å². The number of para-hydroxylation sites is 1. The van der Waals surface area contributed by atoms with E-state index in [1.165, 1.54) is 0 Å². The largest absolute Gasteiger partial charge is 0.383 e. The SMILES string of the molecule is CCc1cc(-c2cccc3ccc(C)nc23)cnc1N. The van der Waals surface area contributed by atoms with Gasteiger partial charge < -0.3 is 5.73 Å². The third-order valence-electron chi connectivity index (χ3n) is 3.55. The average molecular weight is 263 g/mol. The van der Waals surface area contributed by atoms with Gasteiger partial charge in [0, 0.05) is 28.4 Å². The molecule has 0 atom stereocenters. The number of aromatic nitrogens is 2. The number of hydrogen-bond acceptors (Lipinski definition) is 3. The topological polar surface area (TPSA) is 51.8 Å². The predicted molar refractivity (Wildman–Crippen MR) is 83.5 cm³/mol. The summed E-state index contributed by atoms with van der Waals surface area (Å²) in [6, 6.07) is 12.5. The van der Waals surface area contributed by atoms with Crippen LogP contribution in [-0.4, -0.2) is 9.97 Å². The highest BCUT2D eigenvalue weighted by atomic mass is 14.8. The Labute approximate surface area is 118 Å². The molecule has 3 nitrogen and oxygen atoms in total. The second kappa shape index (κ2) is 4.93. The lowest BCUT2D eigenvalue weighted by Crippen LogP contribution is -1.97. The minimum absolute atomic E-state index is 0.612. The van der Waals surface area contributed by atoms with Crippen molar-refractivity contribution in [2.24, 2.45) is 0 Å². The second-order valence-corrected chi connectivity index (χ2v) is 4.95. The molecule has 0 unspecified atom stereocenters. The van der Waals surface area contributed by atoms with E-state index >= 15 is 0 Å². The second-order valence-electron chi connectivity index (χ2n) is 4.95. The maximum atomic E-state index is 5.89. The molecule has 20 heavy (non-hydrogen) atoms. The molecule has 2 heterocycles. The van der Waals surface area contributed by atoms with Gasteiger partial charge in [0.1, 0.15) is 5.82 Å². The van der Waals surface area contributed by atoms with Crippen molar-refractivity contribution < 1.29 is 0 Å². The van der Waals surface area contributed by atoms with Gasteiger partial charge >= 0.3 is 0 Å². The van der Waals surface area contributed by atoms with Crippen LogP contribution in [0, 0.1) is 6.92 Å². The molecule has 0 saturated carbocycles. The molecule has 1 aromatic carbocycles. The number of hydrogen-bond donors (Lipinski definition) is 1. The van der Waals surface area contributed by atoms with Crippen molar-refractivity contribution in [2.45, 2.75) is 20.3 Å². The van der Waals surface area contributed by atoms with E-state index in [1.807, 2.05) is 19.2 Å². The maximum Gasteiger partial charge on any atom is 0.126 e. The van der Waals surface area contributed by atoms with E-state index in [0.29, 0.717) is 5.82 Å². The number of fused-ring (bicyclic) bond motifs is 1. The Balaban J connectivity index is 2.26. The van der Waals surface area contributed by atoms with Crippen LogP contribution < -0.4 is 5.73 Å². The van der Waals surface area contributed by atoms with Gasteiger partial charge in [0.2, 0.25) is 0 Å². The van der Waals surface area contributed by atoms with Gasteiger partial charge in [-0.15, -0.1) is 0 Å². The molecule has 0 aliphatic heterocycles. The third-order valence-corrected chi connectivity index (χ3v) is 3.55. The van der Waals surface area contributed by atoms with Crippen LogP contribution in [0.3, 0.4) is 0 Å². The lowest BCUT2D eigenvalue weighted by Gasteiger charge is -2.09. The summed E-state index contributed by atoms with van der Waals surface area (Å²) in [7, 11) is 0. The Hall–Kier alpha value is -2.42. The van der Waals surface area contributed by atoms with Gasteiger partial charge in [-0.05, 0) is 31.0 Å². The fourth-order valence-electron chi connectivity index (χ4n) is 2.43. The van der Waals surface area contributed by atoms with Crippen molar-refractivity contribution in [3.63, 3.8) is 0 Å². The van der Waals surface area contributed by atoms with Crippen LogP contribution in [0.1, 0.15) is 18.2 Å². The average Bonchev–Trinajstić information content (AvgIpc) is 2.47. The lowest BCUT2D eigenvalue weighted by atomic mass is 10.0. The number of nitrogens with two attached hydrogens (primary N) is 1. The Kier molecular flexibility index (Phi) is 3.11. The molecule has 0 amide bonds. The first-order valence-corrected chi connectivity index (χ1v) is 6.80. The Morgan fingerprint density at radius 1 is 1.15 bits per heavy atom. The summed E-state index contributed by atoms with van der Waals surface area (Å²) in [5.74, 6) is 0.612. The smallest absolute Gasteiger partial charge is 0.126 e. The summed E-state index contributed by atoms with van der Waals surface area (Å²) in [6.07, 6.45) is 2.71. The number of aryl methyl sites for hydroxylation is 2. The zero-order valence-corrected chi connectivity index (χ0v) is 11.7. The number of rotatable bonds is 2. The monoisotopic (exact) mass is 263 g/mol. The molecule has 0 saturated heterocycles. The van der Waals surface area contributed by atoms with Crippen molar-refractivity contribution in [1.82, 2.24) is 9.97 Å². The maximum absolute atomic E-state index is 5.89. The number of pyridine rings is 2. The number of benzene rings is 1. The van der Waals surface area contributed by atoms with Gasteiger partial charge in [-0.2, -0.15) is 0 Å².